The molecule has 10 heteroatoms. The Balaban J connectivity index is 1.37. The molecule has 0 aliphatic carbocycles. The molecular weight excluding hydrogens is 545 g/mol. The number of rotatable bonds is 7. The van der Waals surface area contributed by atoms with Crippen LogP contribution in [0.5, 0.6) is 23.0 Å². The van der Waals surface area contributed by atoms with E-state index in [1.165, 1.54) is 30.3 Å². The number of ether oxygens (including phenoxy) is 4. The Kier molecular flexibility index (Phi) is 7.94. The maximum absolute atomic E-state index is 13.3. The highest BCUT2D eigenvalue weighted by Gasteiger charge is 2.39. The number of halogens is 1. The molecule has 0 radical (unpaired) electrons. The molecule has 1 saturated heterocycles. The summed E-state index contributed by atoms with van der Waals surface area (Å²) in [5, 5.41) is 13.7. The number of amides is 1. The lowest BCUT2D eigenvalue weighted by Gasteiger charge is -2.41. The Morgan fingerprint density at radius 3 is 2.48 bits per heavy atom. The summed E-state index contributed by atoms with van der Waals surface area (Å²) >= 11 is 0. The molecule has 5 rings (SSSR count). The van der Waals surface area contributed by atoms with E-state index in [1.54, 1.807) is 45.2 Å². The lowest BCUT2D eigenvalue weighted by Crippen LogP contribution is -2.49. The maximum atomic E-state index is 13.3. The van der Waals surface area contributed by atoms with Gasteiger partial charge in [-0.05, 0) is 88.2 Å². The van der Waals surface area contributed by atoms with Gasteiger partial charge in [0, 0.05) is 24.7 Å². The number of nitrogens with one attached hydrogen (secondary N) is 1. The number of benzene rings is 3. The first kappa shape index (κ1) is 29.1. The lowest BCUT2D eigenvalue weighted by atomic mass is 9.94. The molecule has 2 unspecified atom stereocenters. The number of carbonyl (C=O) groups is 1. The molecule has 220 valence electrons. The third-order valence-electron chi connectivity index (χ3n) is 7.40. The summed E-state index contributed by atoms with van der Waals surface area (Å²) < 4.78 is 42.3. The molecule has 2 heterocycles. The number of carbonyl (C=O) groups excluding carboxylic acids is 1. The van der Waals surface area contributed by atoms with Gasteiger partial charge in [-0.3, -0.25) is 4.79 Å². The zero-order valence-electron chi connectivity index (χ0n) is 23.9. The van der Waals surface area contributed by atoms with Gasteiger partial charge in [0.05, 0.1) is 17.1 Å². The summed E-state index contributed by atoms with van der Waals surface area (Å²) in [6.07, 6.45) is 0.760. The van der Waals surface area contributed by atoms with Gasteiger partial charge in [0.25, 0.3) is 5.91 Å². The van der Waals surface area contributed by atoms with Crippen molar-refractivity contribution < 1.29 is 37.7 Å². The van der Waals surface area contributed by atoms with Crippen LogP contribution < -0.4 is 20.4 Å². The van der Waals surface area contributed by atoms with Crippen LogP contribution in [0.1, 0.15) is 48.2 Å². The van der Waals surface area contributed by atoms with Crippen molar-refractivity contribution in [3.63, 3.8) is 0 Å². The Morgan fingerprint density at radius 1 is 1.05 bits per heavy atom. The molecule has 2 N–H and O–H groups in total. The summed E-state index contributed by atoms with van der Waals surface area (Å²) in [6, 6.07) is 13.4. The van der Waals surface area contributed by atoms with E-state index in [4.69, 9.17) is 23.4 Å². The van der Waals surface area contributed by atoms with Gasteiger partial charge in [0.2, 0.25) is 6.29 Å². The minimum absolute atomic E-state index is 0.0625. The third kappa shape index (κ3) is 5.81. The van der Waals surface area contributed by atoms with E-state index in [2.05, 4.69) is 5.32 Å². The molecule has 1 amide bonds. The minimum atomic E-state index is -0.929. The molecule has 42 heavy (non-hydrogen) atoms. The number of anilines is 1. The van der Waals surface area contributed by atoms with E-state index in [9.17, 15) is 19.1 Å². The molecule has 3 aromatic carbocycles. The van der Waals surface area contributed by atoms with Gasteiger partial charge in [-0.2, -0.15) is 0 Å². The molecule has 4 aromatic rings. The van der Waals surface area contributed by atoms with Crippen LogP contribution in [0.15, 0.2) is 63.8 Å². The lowest BCUT2D eigenvalue weighted by molar-refractivity contribution is -0.233. The second-order valence-corrected chi connectivity index (χ2v) is 10.7. The molecule has 1 aliphatic rings. The van der Waals surface area contributed by atoms with Crippen LogP contribution in [0.4, 0.5) is 10.1 Å². The van der Waals surface area contributed by atoms with Gasteiger partial charge in [-0.25, -0.2) is 9.18 Å². The van der Waals surface area contributed by atoms with Crippen LogP contribution >= 0.6 is 0 Å². The minimum Gasteiger partial charge on any atom is -0.505 e. The molecule has 1 aliphatic heterocycles. The van der Waals surface area contributed by atoms with Crippen LogP contribution in [0.2, 0.25) is 0 Å². The number of aryl methyl sites for hydroxylation is 2. The summed E-state index contributed by atoms with van der Waals surface area (Å²) in [6.45, 7) is 7.38. The number of hydrogen-bond donors (Lipinski definition) is 2. The zero-order valence-corrected chi connectivity index (χ0v) is 23.9. The van der Waals surface area contributed by atoms with Crippen molar-refractivity contribution in [3.8, 4) is 23.0 Å². The average Bonchev–Trinajstić information content (AvgIpc) is 2.94. The number of hydrogen-bond acceptors (Lipinski definition) is 8. The normalized spacial score (nSPS) is 18.0. The molecule has 0 saturated carbocycles. The SMILES string of the molecule is COC1CCC(Oc2ccc3c(O)c(NC(=O)c4ccc(C)c(Oc5ccc(F)cc5)c4)c(=O)oc3c2C)OC1(C)C. The predicted octanol–water partition coefficient (Wildman–Crippen LogP) is 6.61. The van der Waals surface area contributed by atoms with Crippen molar-refractivity contribution >= 4 is 22.6 Å². The van der Waals surface area contributed by atoms with Crippen molar-refractivity contribution in [3.05, 3.63) is 87.5 Å². The first-order valence-electron chi connectivity index (χ1n) is 13.5. The van der Waals surface area contributed by atoms with E-state index in [1.807, 2.05) is 13.8 Å². The van der Waals surface area contributed by atoms with E-state index in [0.29, 0.717) is 29.2 Å². The quantitative estimate of drug-likeness (QED) is 0.236. The molecule has 2 atom stereocenters. The smallest absolute Gasteiger partial charge is 0.364 e. The highest BCUT2D eigenvalue weighted by molar-refractivity contribution is 6.06. The van der Waals surface area contributed by atoms with Crippen molar-refractivity contribution in [2.45, 2.75) is 58.5 Å². The summed E-state index contributed by atoms with van der Waals surface area (Å²) in [5.74, 6) is -0.298. The molecule has 1 fully saturated rings. The Hall–Kier alpha value is -4.41. The third-order valence-corrected chi connectivity index (χ3v) is 7.40. The molecule has 1 aromatic heterocycles. The van der Waals surface area contributed by atoms with Crippen molar-refractivity contribution in [2.75, 3.05) is 12.4 Å². The number of methoxy groups -OCH3 is 1. The van der Waals surface area contributed by atoms with Gasteiger partial charge in [0.1, 0.15) is 28.6 Å². The predicted molar refractivity (Wildman–Crippen MR) is 154 cm³/mol. The molecular formula is C32H32FNO8. The summed E-state index contributed by atoms with van der Waals surface area (Å²) in [4.78, 5) is 26.0. The Morgan fingerprint density at radius 2 is 1.79 bits per heavy atom. The van der Waals surface area contributed by atoms with Gasteiger partial charge in [-0.1, -0.05) is 6.07 Å². The fourth-order valence-electron chi connectivity index (χ4n) is 5.01. The second kappa shape index (κ2) is 11.5. The Bertz CT molecular complexity index is 1700. The highest BCUT2D eigenvalue weighted by atomic mass is 19.1. The molecule has 0 spiro atoms. The van der Waals surface area contributed by atoms with Gasteiger partial charge < -0.3 is 33.8 Å². The number of aromatic hydroxyl groups is 1. The van der Waals surface area contributed by atoms with Crippen LogP contribution in [0.25, 0.3) is 11.0 Å². The molecule has 9 nitrogen and oxygen atoms in total. The van der Waals surface area contributed by atoms with Crippen LogP contribution in [0.3, 0.4) is 0 Å². The maximum Gasteiger partial charge on any atom is 0.364 e. The molecule has 0 bridgehead atoms. The topological polar surface area (TPSA) is 116 Å². The first-order valence-corrected chi connectivity index (χ1v) is 13.5. The summed E-state index contributed by atoms with van der Waals surface area (Å²) in [5.41, 5.74) is -0.351. The summed E-state index contributed by atoms with van der Waals surface area (Å²) in [7, 11) is 1.65. The standard InChI is InChI=1S/C32H32FNO8/c1-17-6-7-19(16-24(17)39-21-10-8-20(33)9-11-21)30(36)34-27-28(35)22-12-13-23(18(2)29(22)41-31(27)37)40-26-15-14-25(38-5)32(3,4)42-26/h6-13,16,25-26,35H,14-15H2,1-5H3,(H,34,36). The van der Waals surface area contributed by atoms with E-state index in [0.717, 1.165) is 12.0 Å². The van der Waals surface area contributed by atoms with E-state index < -0.39 is 40.7 Å². The van der Waals surface area contributed by atoms with Crippen molar-refractivity contribution in [2.24, 2.45) is 0 Å². The van der Waals surface area contributed by atoms with Crippen molar-refractivity contribution in [1.82, 2.24) is 0 Å². The van der Waals surface area contributed by atoms with Crippen LogP contribution in [-0.4, -0.2) is 36.1 Å². The Labute approximate surface area is 241 Å². The second-order valence-electron chi connectivity index (χ2n) is 10.7. The van der Waals surface area contributed by atoms with Gasteiger partial charge in [0.15, 0.2) is 11.4 Å². The first-order chi connectivity index (χ1) is 20.0. The fraction of sp³-hybridized carbons (Fsp3) is 0.312. The monoisotopic (exact) mass is 577 g/mol. The number of fused-ring (bicyclic) bond motifs is 1. The van der Waals surface area contributed by atoms with E-state index in [-0.39, 0.29) is 22.6 Å². The van der Waals surface area contributed by atoms with Crippen molar-refractivity contribution in [1.29, 1.82) is 0 Å². The van der Waals surface area contributed by atoms with Gasteiger partial charge >= 0.3 is 5.63 Å². The van der Waals surface area contributed by atoms with Crippen LogP contribution in [0, 0.1) is 19.7 Å². The van der Waals surface area contributed by atoms with E-state index >= 15 is 0 Å². The highest BCUT2D eigenvalue weighted by Crippen LogP contribution is 2.38. The largest absolute Gasteiger partial charge is 0.505 e. The fourth-order valence-corrected chi connectivity index (χ4v) is 5.01. The van der Waals surface area contributed by atoms with Crippen LogP contribution in [-0.2, 0) is 9.47 Å². The zero-order chi connectivity index (χ0) is 30.2. The average molecular weight is 578 g/mol. The van der Waals surface area contributed by atoms with Gasteiger partial charge in [-0.15, -0.1) is 0 Å².